The average Bonchev–Trinajstić information content (AvgIpc) is 2.18. The Morgan fingerprint density at radius 1 is 1.00 bits per heavy atom. The van der Waals surface area contributed by atoms with Gasteiger partial charge in [-0.15, -0.1) is 0 Å². The van der Waals surface area contributed by atoms with E-state index in [2.05, 4.69) is 64.2 Å². The predicted molar refractivity (Wildman–Crippen MR) is 67.0 cm³/mol. The van der Waals surface area contributed by atoms with Crippen molar-refractivity contribution in [3.05, 3.63) is 35.4 Å². The summed E-state index contributed by atoms with van der Waals surface area (Å²) < 4.78 is 0. The number of nitrogens with one attached hydrogen (secondary N) is 1. The van der Waals surface area contributed by atoms with Crippen molar-refractivity contribution in [3.63, 3.8) is 0 Å². The van der Waals surface area contributed by atoms with Gasteiger partial charge in [0.1, 0.15) is 0 Å². The Labute approximate surface area is 93.9 Å². The van der Waals surface area contributed by atoms with Crippen LogP contribution in [0.15, 0.2) is 24.3 Å². The molecule has 0 saturated carbocycles. The molecule has 15 heavy (non-hydrogen) atoms. The largest absolute Gasteiger partial charge is 0.307 e. The SMILES string of the molecule is Cc1ccccc1[C@H](C)NC(C)C(C)C. The summed E-state index contributed by atoms with van der Waals surface area (Å²) in [5.74, 6) is 0.677. The van der Waals surface area contributed by atoms with Gasteiger partial charge in [-0.2, -0.15) is 0 Å². The molecule has 0 aliphatic heterocycles. The van der Waals surface area contributed by atoms with Crippen molar-refractivity contribution in [1.82, 2.24) is 5.32 Å². The number of rotatable bonds is 4. The van der Waals surface area contributed by atoms with Crippen LogP contribution >= 0.6 is 0 Å². The van der Waals surface area contributed by atoms with Gasteiger partial charge in [0, 0.05) is 12.1 Å². The molecular weight excluding hydrogens is 182 g/mol. The van der Waals surface area contributed by atoms with Crippen molar-refractivity contribution in [1.29, 1.82) is 0 Å². The van der Waals surface area contributed by atoms with Crippen molar-refractivity contribution >= 4 is 0 Å². The van der Waals surface area contributed by atoms with E-state index >= 15 is 0 Å². The van der Waals surface area contributed by atoms with E-state index in [4.69, 9.17) is 0 Å². The molecule has 1 aromatic carbocycles. The average molecular weight is 205 g/mol. The maximum atomic E-state index is 3.64. The van der Waals surface area contributed by atoms with E-state index < -0.39 is 0 Å². The van der Waals surface area contributed by atoms with Crippen LogP contribution in [0.5, 0.6) is 0 Å². The second kappa shape index (κ2) is 5.32. The van der Waals surface area contributed by atoms with Crippen molar-refractivity contribution < 1.29 is 0 Å². The van der Waals surface area contributed by atoms with Gasteiger partial charge in [-0.25, -0.2) is 0 Å². The summed E-state index contributed by atoms with van der Waals surface area (Å²) in [5.41, 5.74) is 2.78. The highest BCUT2D eigenvalue weighted by molar-refractivity contribution is 5.28. The minimum atomic E-state index is 0.434. The first-order valence-corrected chi connectivity index (χ1v) is 5.84. The van der Waals surface area contributed by atoms with Crippen LogP contribution in [0.1, 0.15) is 44.9 Å². The summed E-state index contributed by atoms with van der Waals surface area (Å²) in [6, 6.07) is 9.58. The van der Waals surface area contributed by atoms with Crippen LogP contribution < -0.4 is 5.32 Å². The summed E-state index contributed by atoms with van der Waals surface area (Å²) >= 11 is 0. The molecule has 1 nitrogen and oxygen atoms in total. The van der Waals surface area contributed by atoms with Crippen LogP contribution in [0, 0.1) is 12.8 Å². The zero-order chi connectivity index (χ0) is 11.4. The second-order valence-corrected chi connectivity index (χ2v) is 4.78. The van der Waals surface area contributed by atoms with E-state index in [1.807, 2.05) is 0 Å². The molecule has 0 aromatic heterocycles. The molecule has 2 atom stereocenters. The molecule has 1 unspecified atom stereocenters. The van der Waals surface area contributed by atoms with Crippen molar-refractivity contribution in [3.8, 4) is 0 Å². The van der Waals surface area contributed by atoms with Crippen LogP contribution in [-0.4, -0.2) is 6.04 Å². The molecule has 0 saturated heterocycles. The van der Waals surface area contributed by atoms with Gasteiger partial charge in [0.15, 0.2) is 0 Å². The normalized spacial score (nSPS) is 15.3. The summed E-state index contributed by atoms with van der Waals surface area (Å²) in [7, 11) is 0. The van der Waals surface area contributed by atoms with Crippen LogP contribution in [-0.2, 0) is 0 Å². The molecule has 1 aromatic rings. The van der Waals surface area contributed by atoms with Gasteiger partial charge in [0.25, 0.3) is 0 Å². The third kappa shape index (κ3) is 3.35. The van der Waals surface area contributed by atoms with E-state index in [1.165, 1.54) is 11.1 Å². The predicted octanol–water partition coefficient (Wildman–Crippen LogP) is 3.69. The molecule has 0 spiro atoms. The number of hydrogen-bond donors (Lipinski definition) is 1. The lowest BCUT2D eigenvalue weighted by atomic mass is 9.99. The van der Waals surface area contributed by atoms with E-state index in [0.717, 1.165) is 0 Å². The van der Waals surface area contributed by atoms with E-state index in [9.17, 15) is 0 Å². The highest BCUT2D eigenvalue weighted by Crippen LogP contribution is 2.18. The third-order valence-electron chi connectivity index (χ3n) is 3.17. The molecular formula is C14H23N. The Morgan fingerprint density at radius 2 is 1.60 bits per heavy atom. The van der Waals surface area contributed by atoms with Gasteiger partial charge < -0.3 is 5.32 Å². The molecule has 1 N–H and O–H groups in total. The number of hydrogen-bond acceptors (Lipinski definition) is 1. The quantitative estimate of drug-likeness (QED) is 0.790. The smallest absolute Gasteiger partial charge is 0.0296 e. The summed E-state index contributed by atoms with van der Waals surface area (Å²) in [6.07, 6.45) is 0. The van der Waals surface area contributed by atoms with Crippen LogP contribution in [0.2, 0.25) is 0 Å². The van der Waals surface area contributed by atoms with Crippen molar-refractivity contribution in [2.24, 2.45) is 5.92 Å². The molecule has 0 bridgehead atoms. The Balaban J connectivity index is 2.69. The molecule has 1 heteroatoms. The topological polar surface area (TPSA) is 12.0 Å². The Bertz CT molecular complexity index is 304. The molecule has 0 amide bonds. The van der Waals surface area contributed by atoms with Gasteiger partial charge in [0.05, 0.1) is 0 Å². The monoisotopic (exact) mass is 205 g/mol. The molecule has 1 rings (SSSR count). The molecule has 0 heterocycles. The molecule has 0 aliphatic carbocycles. The van der Waals surface area contributed by atoms with Crippen molar-refractivity contribution in [2.45, 2.75) is 46.7 Å². The zero-order valence-electron chi connectivity index (χ0n) is 10.5. The first-order chi connectivity index (χ1) is 7.02. The summed E-state index contributed by atoms with van der Waals surface area (Å²) in [5, 5.41) is 3.64. The fourth-order valence-corrected chi connectivity index (χ4v) is 1.75. The Morgan fingerprint density at radius 3 is 2.13 bits per heavy atom. The highest BCUT2D eigenvalue weighted by Gasteiger charge is 2.12. The maximum absolute atomic E-state index is 3.64. The zero-order valence-corrected chi connectivity index (χ0v) is 10.5. The minimum absolute atomic E-state index is 0.434. The van der Waals surface area contributed by atoms with E-state index in [1.54, 1.807) is 0 Å². The lowest BCUT2D eigenvalue weighted by Gasteiger charge is -2.24. The van der Waals surface area contributed by atoms with E-state index in [0.29, 0.717) is 18.0 Å². The number of benzene rings is 1. The standard InChI is InChI=1S/C14H23N/c1-10(2)12(4)15-13(5)14-9-7-6-8-11(14)3/h6-10,12-13,15H,1-5H3/t12?,13-/m0/s1. The Kier molecular flexibility index (Phi) is 4.34. The summed E-state index contributed by atoms with van der Waals surface area (Å²) in [6.45, 7) is 11.2. The minimum Gasteiger partial charge on any atom is -0.307 e. The Hall–Kier alpha value is -0.820. The van der Waals surface area contributed by atoms with Crippen LogP contribution in [0.3, 0.4) is 0 Å². The lowest BCUT2D eigenvalue weighted by molar-refractivity contribution is 0.388. The fourth-order valence-electron chi connectivity index (χ4n) is 1.75. The first kappa shape index (κ1) is 12.3. The lowest BCUT2D eigenvalue weighted by Crippen LogP contribution is -2.33. The van der Waals surface area contributed by atoms with Gasteiger partial charge in [-0.05, 0) is 37.8 Å². The molecule has 84 valence electrons. The third-order valence-corrected chi connectivity index (χ3v) is 3.17. The van der Waals surface area contributed by atoms with Gasteiger partial charge in [-0.1, -0.05) is 38.1 Å². The molecule has 0 fully saturated rings. The van der Waals surface area contributed by atoms with Gasteiger partial charge in [-0.3, -0.25) is 0 Å². The van der Waals surface area contributed by atoms with Crippen LogP contribution in [0.25, 0.3) is 0 Å². The van der Waals surface area contributed by atoms with Gasteiger partial charge in [0.2, 0.25) is 0 Å². The first-order valence-electron chi connectivity index (χ1n) is 5.84. The fraction of sp³-hybridized carbons (Fsp3) is 0.571. The molecule has 0 radical (unpaired) electrons. The second-order valence-electron chi connectivity index (χ2n) is 4.78. The maximum Gasteiger partial charge on any atom is 0.0296 e. The summed E-state index contributed by atoms with van der Waals surface area (Å²) in [4.78, 5) is 0. The highest BCUT2D eigenvalue weighted by atomic mass is 14.9. The van der Waals surface area contributed by atoms with Gasteiger partial charge >= 0.3 is 0 Å². The van der Waals surface area contributed by atoms with Crippen molar-refractivity contribution in [2.75, 3.05) is 0 Å². The number of aryl methyl sites for hydroxylation is 1. The van der Waals surface area contributed by atoms with E-state index in [-0.39, 0.29) is 0 Å². The van der Waals surface area contributed by atoms with Crippen LogP contribution in [0.4, 0.5) is 0 Å². The molecule has 0 aliphatic rings.